The van der Waals surface area contributed by atoms with Gasteiger partial charge in [-0.05, 0) is 28.4 Å². The number of hydrogen-bond acceptors (Lipinski definition) is 4. The maximum atomic E-state index is 10.5. The Labute approximate surface area is 101 Å². The first-order valence-corrected chi connectivity index (χ1v) is 5.38. The molecule has 0 atom stereocenters. The van der Waals surface area contributed by atoms with Gasteiger partial charge in [-0.25, -0.2) is 0 Å². The minimum absolute atomic E-state index is 0.0153. The molecule has 0 saturated carbocycles. The minimum atomic E-state index is -0.478. The third kappa shape index (κ3) is 3.51. The van der Waals surface area contributed by atoms with Crippen LogP contribution in [0.1, 0.15) is 12.8 Å². The summed E-state index contributed by atoms with van der Waals surface area (Å²) in [7, 11) is 0. The third-order valence-electron chi connectivity index (χ3n) is 1.82. The number of hydrogen-bond donors (Lipinski definition) is 0. The van der Waals surface area contributed by atoms with Crippen LogP contribution in [-0.4, -0.2) is 11.5 Å². The highest BCUT2D eigenvalue weighted by Crippen LogP contribution is 2.29. The monoisotopic (exact) mass is 284 g/mol. The normalized spacial score (nSPS) is 9.50. The molecule has 0 saturated heterocycles. The van der Waals surface area contributed by atoms with Gasteiger partial charge in [0.05, 0.1) is 28.1 Å². The van der Waals surface area contributed by atoms with E-state index in [-0.39, 0.29) is 5.69 Å². The number of non-ortho nitro benzene ring substituents is 1. The van der Waals surface area contributed by atoms with Gasteiger partial charge in [-0.1, -0.05) is 0 Å². The number of nitro benzene ring substituents is 1. The van der Waals surface area contributed by atoms with E-state index >= 15 is 0 Å². The Morgan fingerprint density at radius 1 is 1.56 bits per heavy atom. The molecule has 0 unspecified atom stereocenters. The summed E-state index contributed by atoms with van der Waals surface area (Å²) in [6, 6.07) is 6.32. The fourth-order valence-electron chi connectivity index (χ4n) is 1.05. The van der Waals surface area contributed by atoms with Gasteiger partial charge >= 0.3 is 0 Å². The Morgan fingerprint density at radius 3 is 2.94 bits per heavy atom. The van der Waals surface area contributed by atoms with Crippen LogP contribution < -0.4 is 4.74 Å². The Kier molecular flexibility index (Phi) is 4.73. The molecule has 0 fully saturated rings. The van der Waals surface area contributed by atoms with E-state index in [0.29, 0.717) is 29.7 Å². The molecule has 16 heavy (non-hydrogen) atoms. The van der Waals surface area contributed by atoms with Crippen molar-refractivity contribution in [3.63, 3.8) is 0 Å². The number of halogens is 1. The molecule has 1 rings (SSSR count). The molecule has 0 aliphatic heterocycles. The Balaban J connectivity index is 2.67. The van der Waals surface area contributed by atoms with Crippen molar-refractivity contribution in [1.82, 2.24) is 0 Å². The number of benzene rings is 1. The van der Waals surface area contributed by atoms with Gasteiger partial charge in [0.25, 0.3) is 5.69 Å². The van der Waals surface area contributed by atoms with E-state index in [1.165, 1.54) is 12.1 Å². The lowest BCUT2D eigenvalue weighted by molar-refractivity contribution is -0.385. The highest BCUT2D eigenvalue weighted by atomic mass is 79.9. The molecule has 0 spiro atoms. The standard InChI is InChI=1S/C10H9BrN2O3/c11-9-4-3-8(13(14)15)7-10(9)16-6-2-1-5-12/h3-4,7H,1-2,6H2. The molecular weight excluding hydrogens is 276 g/mol. The summed E-state index contributed by atoms with van der Waals surface area (Å²) >= 11 is 3.24. The van der Waals surface area contributed by atoms with Gasteiger partial charge in [0.2, 0.25) is 0 Å². The molecule has 0 aliphatic rings. The van der Waals surface area contributed by atoms with E-state index in [9.17, 15) is 10.1 Å². The summed E-state index contributed by atoms with van der Waals surface area (Å²) in [5, 5.41) is 18.9. The summed E-state index contributed by atoms with van der Waals surface area (Å²) in [6.07, 6.45) is 1.01. The van der Waals surface area contributed by atoms with E-state index in [4.69, 9.17) is 10.00 Å². The molecular formula is C10H9BrN2O3. The van der Waals surface area contributed by atoms with Crippen LogP contribution in [0.5, 0.6) is 5.75 Å². The highest BCUT2D eigenvalue weighted by Gasteiger charge is 2.10. The van der Waals surface area contributed by atoms with Crippen LogP contribution in [0, 0.1) is 21.4 Å². The summed E-state index contributed by atoms with van der Waals surface area (Å²) in [6.45, 7) is 0.368. The van der Waals surface area contributed by atoms with Crippen molar-refractivity contribution in [1.29, 1.82) is 5.26 Å². The van der Waals surface area contributed by atoms with Crippen molar-refractivity contribution in [2.45, 2.75) is 12.8 Å². The second-order valence-corrected chi connectivity index (χ2v) is 3.84. The van der Waals surface area contributed by atoms with E-state index in [2.05, 4.69) is 15.9 Å². The summed E-state index contributed by atoms with van der Waals surface area (Å²) in [4.78, 5) is 10.1. The zero-order valence-corrected chi connectivity index (χ0v) is 9.94. The number of unbranched alkanes of at least 4 members (excludes halogenated alkanes) is 1. The Hall–Kier alpha value is -1.61. The molecule has 0 aliphatic carbocycles. The van der Waals surface area contributed by atoms with Crippen LogP contribution in [0.3, 0.4) is 0 Å². The molecule has 0 heterocycles. The molecule has 6 heteroatoms. The topological polar surface area (TPSA) is 76.2 Å². The highest BCUT2D eigenvalue weighted by molar-refractivity contribution is 9.10. The molecule has 84 valence electrons. The van der Waals surface area contributed by atoms with Gasteiger partial charge in [0, 0.05) is 12.5 Å². The van der Waals surface area contributed by atoms with Crippen LogP contribution >= 0.6 is 15.9 Å². The molecule has 0 aromatic heterocycles. The first kappa shape index (κ1) is 12.5. The van der Waals surface area contributed by atoms with Gasteiger partial charge in [0.1, 0.15) is 5.75 Å². The quantitative estimate of drug-likeness (QED) is 0.473. The smallest absolute Gasteiger partial charge is 0.273 e. The molecule has 1 aromatic carbocycles. The average molecular weight is 285 g/mol. The summed E-state index contributed by atoms with van der Waals surface area (Å²) < 4.78 is 5.99. The van der Waals surface area contributed by atoms with Crippen LogP contribution in [0.15, 0.2) is 22.7 Å². The Morgan fingerprint density at radius 2 is 2.31 bits per heavy atom. The van der Waals surface area contributed by atoms with Gasteiger partial charge in [-0.15, -0.1) is 0 Å². The van der Waals surface area contributed by atoms with Gasteiger partial charge in [-0.2, -0.15) is 5.26 Å². The third-order valence-corrected chi connectivity index (χ3v) is 2.47. The van der Waals surface area contributed by atoms with Crippen molar-refractivity contribution in [2.75, 3.05) is 6.61 Å². The first-order valence-electron chi connectivity index (χ1n) is 4.59. The SMILES string of the molecule is N#CCCCOc1cc([N+](=O)[O-])ccc1Br. The van der Waals surface area contributed by atoms with E-state index < -0.39 is 4.92 Å². The first-order chi connectivity index (χ1) is 7.65. The lowest BCUT2D eigenvalue weighted by atomic mass is 10.3. The number of nitrogens with zero attached hydrogens (tertiary/aromatic N) is 2. The predicted molar refractivity (Wildman–Crippen MR) is 61.1 cm³/mol. The zero-order chi connectivity index (χ0) is 12.0. The molecule has 1 aromatic rings. The lowest BCUT2D eigenvalue weighted by Gasteiger charge is -2.06. The zero-order valence-electron chi connectivity index (χ0n) is 8.35. The van der Waals surface area contributed by atoms with Crippen molar-refractivity contribution < 1.29 is 9.66 Å². The maximum absolute atomic E-state index is 10.5. The van der Waals surface area contributed by atoms with E-state index in [1.807, 2.05) is 6.07 Å². The molecule has 0 bridgehead atoms. The number of nitro groups is 1. The lowest BCUT2D eigenvalue weighted by Crippen LogP contribution is -1.98. The molecule has 0 radical (unpaired) electrons. The van der Waals surface area contributed by atoms with Crippen LogP contribution in [-0.2, 0) is 0 Å². The fourth-order valence-corrected chi connectivity index (χ4v) is 1.41. The van der Waals surface area contributed by atoms with Gasteiger partial charge in [0.15, 0.2) is 0 Å². The molecule has 5 nitrogen and oxygen atoms in total. The number of rotatable bonds is 5. The maximum Gasteiger partial charge on any atom is 0.273 e. The van der Waals surface area contributed by atoms with Crippen LogP contribution in [0.2, 0.25) is 0 Å². The van der Waals surface area contributed by atoms with Crippen molar-refractivity contribution in [2.24, 2.45) is 0 Å². The van der Waals surface area contributed by atoms with Crippen LogP contribution in [0.4, 0.5) is 5.69 Å². The molecule has 0 amide bonds. The largest absolute Gasteiger partial charge is 0.492 e. The van der Waals surface area contributed by atoms with Gasteiger partial charge in [-0.3, -0.25) is 10.1 Å². The summed E-state index contributed by atoms with van der Waals surface area (Å²) in [5.74, 6) is 0.423. The van der Waals surface area contributed by atoms with E-state index in [1.54, 1.807) is 6.07 Å². The van der Waals surface area contributed by atoms with Crippen molar-refractivity contribution >= 4 is 21.6 Å². The second kappa shape index (κ2) is 6.08. The summed E-state index contributed by atoms with van der Waals surface area (Å²) in [5.41, 5.74) is -0.0153. The minimum Gasteiger partial charge on any atom is -0.492 e. The fraction of sp³-hybridized carbons (Fsp3) is 0.300. The van der Waals surface area contributed by atoms with Crippen molar-refractivity contribution in [3.8, 4) is 11.8 Å². The average Bonchev–Trinajstić information content (AvgIpc) is 2.26. The van der Waals surface area contributed by atoms with Gasteiger partial charge < -0.3 is 4.74 Å². The van der Waals surface area contributed by atoms with Crippen molar-refractivity contribution in [3.05, 3.63) is 32.8 Å². The predicted octanol–water partition coefficient (Wildman–Crippen LogP) is 3.04. The number of nitriles is 1. The van der Waals surface area contributed by atoms with E-state index in [0.717, 1.165) is 0 Å². The van der Waals surface area contributed by atoms with Crippen LogP contribution in [0.25, 0.3) is 0 Å². The second-order valence-electron chi connectivity index (χ2n) is 2.98. The molecule has 0 N–H and O–H groups in total. The number of ether oxygens (including phenoxy) is 1. The Bertz CT molecular complexity index is 429.